The highest BCUT2D eigenvalue weighted by molar-refractivity contribution is 7.48. The van der Waals surface area contributed by atoms with Gasteiger partial charge in [0.15, 0.2) is 0 Å². The van der Waals surface area contributed by atoms with E-state index in [0.717, 1.165) is 0 Å². The van der Waals surface area contributed by atoms with Gasteiger partial charge >= 0.3 is 7.82 Å². The molecule has 17 heavy (non-hydrogen) atoms. The summed E-state index contributed by atoms with van der Waals surface area (Å²) in [6.45, 7) is 6.94. The van der Waals surface area contributed by atoms with E-state index in [9.17, 15) is 4.57 Å². The van der Waals surface area contributed by atoms with Crippen LogP contribution in [0.1, 0.15) is 34.1 Å². The van der Waals surface area contributed by atoms with Gasteiger partial charge in [0.1, 0.15) is 5.60 Å². The van der Waals surface area contributed by atoms with Crippen molar-refractivity contribution in [2.24, 2.45) is 0 Å². The summed E-state index contributed by atoms with van der Waals surface area (Å²) in [6, 6.07) is 0. The minimum Gasteiger partial charge on any atom is -0.290 e. The highest BCUT2D eigenvalue weighted by Crippen LogP contribution is 2.53. The number of rotatable bonds is 7. The molecule has 0 aromatic rings. The molecule has 0 rings (SSSR count). The van der Waals surface area contributed by atoms with E-state index in [4.69, 9.17) is 20.0 Å². The van der Waals surface area contributed by atoms with Crippen molar-refractivity contribution in [2.75, 3.05) is 7.11 Å². The summed E-state index contributed by atoms with van der Waals surface area (Å²) < 4.78 is 27.5. The number of allylic oxidation sites excluding steroid dienone is 1. The molecule has 0 bridgehead atoms. The van der Waals surface area contributed by atoms with Crippen molar-refractivity contribution >= 4 is 7.82 Å². The fourth-order valence-corrected chi connectivity index (χ4v) is 2.34. The van der Waals surface area contributed by atoms with Gasteiger partial charge in [0.05, 0.1) is 6.10 Å². The first-order chi connectivity index (χ1) is 7.78. The molecule has 0 N–H and O–H groups in total. The van der Waals surface area contributed by atoms with E-state index >= 15 is 0 Å². The van der Waals surface area contributed by atoms with Gasteiger partial charge in [0.2, 0.25) is 0 Å². The Labute approximate surface area is 104 Å². The third kappa shape index (κ3) is 6.65. The lowest BCUT2D eigenvalue weighted by Crippen LogP contribution is -2.22. The SMILES string of the molecule is C#CC(C)(C)OP(=O)(OC)OC(C)CC=CC. The molecule has 0 aliphatic rings. The highest BCUT2D eigenvalue weighted by atomic mass is 31.2. The zero-order chi connectivity index (χ0) is 13.5. The largest absolute Gasteiger partial charge is 0.476 e. The van der Waals surface area contributed by atoms with Crippen molar-refractivity contribution < 1.29 is 18.1 Å². The van der Waals surface area contributed by atoms with Crippen LogP contribution in [0.2, 0.25) is 0 Å². The topological polar surface area (TPSA) is 44.8 Å². The standard InChI is InChI=1S/C12H21O4P/c1-7-9-10-11(3)15-17(13,14-6)16-12(4,5)8-2/h2,7,9,11H,10H2,1,3-6H3. The predicted octanol–water partition coefficient (Wildman–Crippen LogP) is 3.54. The molecule has 4 nitrogen and oxygen atoms in total. The van der Waals surface area contributed by atoms with Gasteiger partial charge in [0, 0.05) is 7.11 Å². The van der Waals surface area contributed by atoms with Crippen LogP contribution in [0.5, 0.6) is 0 Å². The summed E-state index contributed by atoms with van der Waals surface area (Å²) in [5.41, 5.74) is -0.994. The molecule has 0 saturated carbocycles. The second kappa shape index (κ2) is 6.98. The van der Waals surface area contributed by atoms with Crippen LogP contribution in [-0.4, -0.2) is 18.8 Å². The molecule has 0 radical (unpaired) electrons. The fourth-order valence-electron chi connectivity index (χ4n) is 0.999. The van der Waals surface area contributed by atoms with E-state index in [1.165, 1.54) is 7.11 Å². The van der Waals surface area contributed by atoms with Crippen LogP contribution in [0.3, 0.4) is 0 Å². The van der Waals surface area contributed by atoms with Crippen molar-refractivity contribution in [3.63, 3.8) is 0 Å². The van der Waals surface area contributed by atoms with Crippen LogP contribution >= 0.6 is 7.82 Å². The van der Waals surface area contributed by atoms with Crippen LogP contribution in [0.15, 0.2) is 12.2 Å². The van der Waals surface area contributed by atoms with Crippen molar-refractivity contribution in [1.29, 1.82) is 0 Å². The maximum absolute atomic E-state index is 12.1. The van der Waals surface area contributed by atoms with Crippen LogP contribution in [-0.2, 0) is 18.1 Å². The van der Waals surface area contributed by atoms with Crippen LogP contribution in [0.4, 0.5) is 0 Å². The van der Waals surface area contributed by atoms with Crippen molar-refractivity contribution in [2.45, 2.75) is 45.8 Å². The third-order valence-electron chi connectivity index (χ3n) is 1.92. The average Bonchev–Trinajstić information content (AvgIpc) is 2.25. The van der Waals surface area contributed by atoms with Crippen molar-refractivity contribution in [3.05, 3.63) is 12.2 Å². The van der Waals surface area contributed by atoms with Gasteiger partial charge in [-0.2, -0.15) is 0 Å². The third-order valence-corrected chi connectivity index (χ3v) is 3.67. The summed E-state index contributed by atoms with van der Waals surface area (Å²) in [4.78, 5) is 0. The molecule has 0 aliphatic heterocycles. The number of hydrogen-bond donors (Lipinski definition) is 0. The molecule has 98 valence electrons. The lowest BCUT2D eigenvalue weighted by Gasteiger charge is -2.26. The zero-order valence-corrected chi connectivity index (χ0v) is 12.0. The molecule has 2 atom stereocenters. The van der Waals surface area contributed by atoms with Gasteiger partial charge in [-0.1, -0.05) is 18.1 Å². The molecule has 0 heterocycles. The smallest absolute Gasteiger partial charge is 0.290 e. The van der Waals surface area contributed by atoms with Gasteiger partial charge in [-0.05, 0) is 34.1 Å². The fraction of sp³-hybridized carbons (Fsp3) is 0.667. The van der Waals surface area contributed by atoms with Gasteiger partial charge in [-0.3, -0.25) is 13.6 Å². The first kappa shape index (κ1) is 16.4. The predicted molar refractivity (Wildman–Crippen MR) is 68.6 cm³/mol. The molecular weight excluding hydrogens is 239 g/mol. The highest BCUT2D eigenvalue weighted by Gasteiger charge is 2.34. The molecule has 0 aromatic carbocycles. The maximum atomic E-state index is 12.1. The van der Waals surface area contributed by atoms with Crippen LogP contribution in [0.25, 0.3) is 0 Å². The molecule has 0 spiro atoms. The molecule has 5 heteroatoms. The van der Waals surface area contributed by atoms with E-state index in [0.29, 0.717) is 6.42 Å². The van der Waals surface area contributed by atoms with Crippen LogP contribution in [0, 0.1) is 12.3 Å². The van der Waals surface area contributed by atoms with E-state index < -0.39 is 13.4 Å². The normalized spacial score (nSPS) is 17.6. The molecule has 0 aromatic heterocycles. The monoisotopic (exact) mass is 260 g/mol. The Kier molecular flexibility index (Phi) is 6.74. The second-order valence-corrected chi connectivity index (χ2v) is 5.75. The Hall–Kier alpha value is -0.590. The van der Waals surface area contributed by atoms with Gasteiger partial charge < -0.3 is 0 Å². The Morgan fingerprint density at radius 3 is 2.53 bits per heavy atom. The molecule has 0 saturated heterocycles. The maximum Gasteiger partial charge on any atom is 0.476 e. The number of hydrogen-bond acceptors (Lipinski definition) is 4. The lowest BCUT2D eigenvalue weighted by molar-refractivity contribution is 0.0554. The quantitative estimate of drug-likeness (QED) is 0.399. The molecule has 0 aliphatic carbocycles. The summed E-state index contributed by atoms with van der Waals surface area (Å²) in [6.07, 6.45) is 9.42. The minimum atomic E-state index is -3.61. The molecular formula is C12H21O4P. The first-order valence-electron chi connectivity index (χ1n) is 5.42. The molecule has 0 amide bonds. The van der Waals surface area contributed by atoms with Crippen molar-refractivity contribution in [3.8, 4) is 12.3 Å². The number of phosphoric acid groups is 1. The van der Waals surface area contributed by atoms with Gasteiger partial charge in [0.25, 0.3) is 0 Å². The van der Waals surface area contributed by atoms with Crippen LogP contribution < -0.4 is 0 Å². The zero-order valence-electron chi connectivity index (χ0n) is 11.1. The van der Waals surface area contributed by atoms with E-state index in [1.807, 2.05) is 19.1 Å². The summed E-state index contributed by atoms with van der Waals surface area (Å²) in [5.74, 6) is 2.38. The van der Waals surface area contributed by atoms with Gasteiger partial charge in [-0.25, -0.2) is 4.57 Å². The number of terminal acetylenes is 1. The summed E-state index contributed by atoms with van der Waals surface area (Å²) >= 11 is 0. The Bertz CT molecular complexity index is 341. The van der Waals surface area contributed by atoms with E-state index in [1.54, 1.807) is 20.8 Å². The Balaban J connectivity index is 4.59. The minimum absolute atomic E-state index is 0.273. The average molecular weight is 260 g/mol. The summed E-state index contributed by atoms with van der Waals surface area (Å²) in [5, 5.41) is 0. The Morgan fingerprint density at radius 2 is 2.12 bits per heavy atom. The molecule has 2 unspecified atom stereocenters. The van der Waals surface area contributed by atoms with Crippen molar-refractivity contribution in [1.82, 2.24) is 0 Å². The van der Waals surface area contributed by atoms with Gasteiger partial charge in [-0.15, -0.1) is 6.42 Å². The second-order valence-electron chi connectivity index (χ2n) is 4.10. The lowest BCUT2D eigenvalue weighted by atomic mass is 10.2. The molecule has 0 fully saturated rings. The summed E-state index contributed by atoms with van der Waals surface area (Å²) in [7, 11) is -2.34. The first-order valence-corrected chi connectivity index (χ1v) is 6.88. The number of phosphoric ester groups is 1. The van der Waals surface area contributed by atoms with E-state index in [2.05, 4.69) is 5.92 Å². The van der Waals surface area contributed by atoms with E-state index in [-0.39, 0.29) is 6.10 Å². The Morgan fingerprint density at radius 1 is 1.53 bits per heavy atom.